The zero-order valence-electron chi connectivity index (χ0n) is 19.2. The molecular weight excluding hydrogens is 448 g/mol. The van der Waals surface area contributed by atoms with Gasteiger partial charge in [0.15, 0.2) is 5.69 Å². The number of aryl methyl sites for hydroxylation is 1. The molecule has 0 saturated heterocycles. The second-order valence-electron chi connectivity index (χ2n) is 9.00. The first-order valence-corrected chi connectivity index (χ1v) is 11.6. The number of fused-ring (bicyclic) bond motifs is 3. The molecule has 0 radical (unpaired) electrons. The second-order valence-corrected chi connectivity index (χ2v) is 9.00. The van der Waals surface area contributed by atoms with Crippen molar-refractivity contribution in [2.75, 3.05) is 11.9 Å². The number of aromatic carboxylic acids is 1. The van der Waals surface area contributed by atoms with E-state index in [-0.39, 0.29) is 41.8 Å². The Morgan fingerprint density at radius 3 is 2.37 bits per heavy atom. The number of amides is 2. The van der Waals surface area contributed by atoms with Crippen LogP contribution in [0.2, 0.25) is 0 Å². The fraction of sp³-hybridized carbons (Fsp3) is 0.308. The van der Waals surface area contributed by atoms with Crippen LogP contribution in [0.1, 0.15) is 46.8 Å². The molecule has 9 nitrogen and oxygen atoms in total. The fourth-order valence-corrected chi connectivity index (χ4v) is 5.17. The Balaban J connectivity index is 1.15. The Labute approximate surface area is 202 Å². The van der Waals surface area contributed by atoms with Crippen molar-refractivity contribution in [1.82, 2.24) is 15.1 Å². The van der Waals surface area contributed by atoms with Crippen molar-refractivity contribution >= 4 is 23.7 Å². The minimum Gasteiger partial charge on any atom is -0.476 e. The molecule has 180 valence electrons. The van der Waals surface area contributed by atoms with Crippen LogP contribution < -0.4 is 10.6 Å². The molecule has 0 spiro atoms. The van der Waals surface area contributed by atoms with E-state index in [4.69, 9.17) is 4.74 Å². The molecule has 35 heavy (non-hydrogen) atoms. The molecule has 9 heteroatoms. The summed E-state index contributed by atoms with van der Waals surface area (Å²) >= 11 is 0. The Kier molecular flexibility index (Phi) is 5.98. The normalized spacial score (nSPS) is 18.5. The van der Waals surface area contributed by atoms with Gasteiger partial charge >= 0.3 is 12.1 Å². The van der Waals surface area contributed by atoms with Gasteiger partial charge in [-0.3, -0.25) is 9.48 Å². The van der Waals surface area contributed by atoms with Crippen LogP contribution in [0.15, 0.2) is 54.7 Å². The molecule has 0 aliphatic heterocycles. The number of carboxylic acid groups (broad SMARTS) is 1. The van der Waals surface area contributed by atoms with E-state index < -0.39 is 12.1 Å². The van der Waals surface area contributed by atoms with E-state index in [1.807, 2.05) is 24.3 Å². The van der Waals surface area contributed by atoms with E-state index in [0.29, 0.717) is 19.3 Å². The molecule has 3 N–H and O–H groups in total. The van der Waals surface area contributed by atoms with Crippen LogP contribution in [0.3, 0.4) is 0 Å². The number of benzene rings is 2. The number of alkyl carbamates (subject to hydrolysis) is 1. The monoisotopic (exact) mass is 474 g/mol. The van der Waals surface area contributed by atoms with Gasteiger partial charge in [-0.15, -0.1) is 0 Å². The first-order chi connectivity index (χ1) is 16.9. The van der Waals surface area contributed by atoms with Gasteiger partial charge in [0.2, 0.25) is 5.91 Å². The highest BCUT2D eigenvalue weighted by Crippen LogP contribution is 2.44. The Bertz CT molecular complexity index is 1250. The maximum Gasteiger partial charge on any atom is 0.407 e. The van der Waals surface area contributed by atoms with E-state index in [1.165, 1.54) is 29.1 Å². The van der Waals surface area contributed by atoms with Crippen LogP contribution in [-0.4, -0.2) is 45.5 Å². The van der Waals surface area contributed by atoms with Gasteiger partial charge in [0.25, 0.3) is 0 Å². The summed E-state index contributed by atoms with van der Waals surface area (Å²) in [6.45, 7) is 0.232. The van der Waals surface area contributed by atoms with Crippen molar-refractivity contribution in [3.63, 3.8) is 0 Å². The van der Waals surface area contributed by atoms with E-state index in [9.17, 15) is 19.5 Å². The number of nitrogens with one attached hydrogen (secondary N) is 2. The lowest BCUT2D eigenvalue weighted by atomic mass is 9.98. The topological polar surface area (TPSA) is 123 Å². The Hall–Kier alpha value is -4.14. The number of hydrogen-bond acceptors (Lipinski definition) is 5. The fourth-order valence-electron chi connectivity index (χ4n) is 5.17. The molecule has 2 atom stereocenters. The largest absolute Gasteiger partial charge is 0.476 e. The van der Waals surface area contributed by atoms with Crippen LogP contribution in [0.5, 0.6) is 0 Å². The summed E-state index contributed by atoms with van der Waals surface area (Å²) in [4.78, 5) is 36.6. The van der Waals surface area contributed by atoms with E-state index in [1.54, 1.807) is 0 Å². The van der Waals surface area contributed by atoms with Gasteiger partial charge in [0.05, 0.1) is 11.9 Å². The number of carboxylic acids is 1. The van der Waals surface area contributed by atoms with Crippen LogP contribution in [0, 0.1) is 5.92 Å². The number of hydrogen-bond donors (Lipinski definition) is 3. The van der Waals surface area contributed by atoms with Crippen molar-refractivity contribution in [2.24, 2.45) is 13.0 Å². The maximum atomic E-state index is 12.7. The van der Waals surface area contributed by atoms with Crippen LogP contribution in [-0.2, 0) is 16.6 Å². The van der Waals surface area contributed by atoms with Gasteiger partial charge in [-0.2, -0.15) is 5.10 Å². The summed E-state index contributed by atoms with van der Waals surface area (Å²) in [5.74, 6) is -1.80. The highest BCUT2D eigenvalue weighted by atomic mass is 16.5. The summed E-state index contributed by atoms with van der Waals surface area (Å²) in [7, 11) is 1.50. The molecule has 1 fully saturated rings. The molecule has 1 saturated carbocycles. The molecule has 0 unspecified atom stereocenters. The van der Waals surface area contributed by atoms with Gasteiger partial charge in [-0.25, -0.2) is 9.59 Å². The van der Waals surface area contributed by atoms with E-state index >= 15 is 0 Å². The molecule has 2 aliphatic rings. The first-order valence-electron chi connectivity index (χ1n) is 11.6. The quantitative estimate of drug-likeness (QED) is 0.500. The molecule has 0 bridgehead atoms. The number of aromatic nitrogens is 2. The molecule has 1 heterocycles. The lowest BCUT2D eigenvalue weighted by Crippen LogP contribution is -2.35. The zero-order chi connectivity index (χ0) is 24.5. The van der Waals surface area contributed by atoms with Crippen molar-refractivity contribution < 1.29 is 24.2 Å². The third kappa shape index (κ3) is 4.37. The molecule has 2 amide bonds. The highest BCUT2D eigenvalue weighted by molar-refractivity contribution is 6.00. The maximum absolute atomic E-state index is 12.7. The lowest BCUT2D eigenvalue weighted by molar-refractivity contribution is -0.119. The second kappa shape index (κ2) is 9.25. The highest BCUT2D eigenvalue weighted by Gasteiger charge is 2.33. The summed E-state index contributed by atoms with van der Waals surface area (Å²) in [5.41, 5.74) is 4.72. The minimum atomic E-state index is -1.17. The summed E-state index contributed by atoms with van der Waals surface area (Å²) in [5, 5.41) is 18.8. The third-order valence-electron chi connectivity index (χ3n) is 6.87. The number of rotatable bonds is 6. The van der Waals surface area contributed by atoms with Gasteiger partial charge in [0, 0.05) is 24.9 Å². The van der Waals surface area contributed by atoms with Crippen molar-refractivity contribution in [1.29, 1.82) is 0 Å². The van der Waals surface area contributed by atoms with Crippen molar-refractivity contribution in [3.8, 4) is 11.1 Å². The third-order valence-corrected chi connectivity index (χ3v) is 6.87. The Morgan fingerprint density at radius 1 is 1.06 bits per heavy atom. The smallest absolute Gasteiger partial charge is 0.407 e. The molecule has 2 aromatic carbocycles. The van der Waals surface area contributed by atoms with Gasteiger partial charge < -0.3 is 20.5 Å². The van der Waals surface area contributed by atoms with E-state index in [0.717, 1.165) is 11.1 Å². The first kappa shape index (κ1) is 22.6. The number of ether oxygens (including phenoxy) is 1. The van der Waals surface area contributed by atoms with Crippen LogP contribution in [0.4, 0.5) is 10.5 Å². The lowest BCUT2D eigenvalue weighted by Gasteiger charge is -2.17. The van der Waals surface area contributed by atoms with Crippen LogP contribution >= 0.6 is 0 Å². The molecule has 2 aliphatic carbocycles. The number of carbonyl (C=O) groups excluding carboxylic acids is 2. The number of nitrogens with zero attached hydrogens (tertiary/aromatic N) is 2. The van der Waals surface area contributed by atoms with Gasteiger partial charge in [0.1, 0.15) is 6.61 Å². The van der Waals surface area contributed by atoms with Gasteiger partial charge in [-0.1, -0.05) is 48.5 Å². The predicted octanol–water partition coefficient (Wildman–Crippen LogP) is 3.76. The molecular formula is C26H26N4O5. The predicted molar refractivity (Wildman–Crippen MR) is 128 cm³/mol. The SMILES string of the molecule is Cn1ncc(NC(=O)[C@@H]2CC[C@H](NC(=O)OCC3c4ccccc4-c4ccccc43)C2)c1C(=O)O. The van der Waals surface area contributed by atoms with Crippen molar-refractivity contribution in [3.05, 3.63) is 71.5 Å². The molecule has 1 aromatic heterocycles. The summed E-state index contributed by atoms with van der Waals surface area (Å²) < 4.78 is 6.81. The van der Waals surface area contributed by atoms with Crippen molar-refractivity contribution in [2.45, 2.75) is 31.2 Å². The molecule has 5 rings (SSSR count). The number of anilines is 1. The standard InChI is InChI=1S/C26H26N4O5/c1-30-23(25(32)33)22(13-27-30)29-24(31)15-10-11-16(12-15)28-26(34)35-14-21-19-8-4-2-6-17(19)18-7-3-5-9-20(18)21/h2-9,13,15-16,21H,10-12,14H2,1H3,(H,28,34)(H,29,31)(H,32,33)/t15-,16+/m1/s1. The average molecular weight is 475 g/mol. The summed E-state index contributed by atoms with van der Waals surface area (Å²) in [6.07, 6.45) is 2.50. The minimum absolute atomic E-state index is 0.0156. The number of carbonyl (C=O) groups is 3. The Morgan fingerprint density at radius 2 is 1.71 bits per heavy atom. The summed E-state index contributed by atoms with van der Waals surface area (Å²) in [6, 6.07) is 16.1. The van der Waals surface area contributed by atoms with Crippen LogP contribution in [0.25, 0.3) is 11.1 Å². The molecule has 3 aromatic rings. The average Bonchev–Trinajstić information content (AvgIpc) is 3.54. The zero-order valence-corrected chi connectivity index (χ0v) is 19.2. The van der Waals surface area contributed by atoms with E-state index in [2.05, 4.69) is 40.0 Å². The van der Waals surface area contributed by atoms with Gasteiger partial charge in [-0.05, 0) is 41.5 Å².